The normalized spacial score (nSPS) is 12.0. The molecule has 1 aromatic rings. The number of pyridine rings is 1. The first-order valence-electron chi connectivity index (χ1n) is 6.49. The zero-order valence-corrected chi connectivity index (χ0v) is 12.6. The number of ether oxygens (including phenoxy) is 1. The Kier molecular flexibility index (Phi) is 5.58. The Balaban J connectivity index is 2.86. The van der Waals surface area contributed by atoms with Crippen molar-refractivity contribution in [2.75, 3.05) is 6.54 Å². The summed E-state index contributed by atoms with van der Waals surface area (Å²) in [5.74, 6) is -0.589. The number of nitrogens with zero attached hydrogens (tertiary/aromatic N) is 2. The van der Waals surface area contributed by atoms with E-state index in [1.165, 1.54) is 18.3 Å². The van der Waals surface area contributed by atoms with Gasteiger partial charge in [0.15, 0.2) is 0 Å². The van der Waals surface area contributed by atoms with E-state index in [1.54, 1.807) is 33.8 Å². The minimum atomic E-state index is -0.730. The van der Waals surface area contributed by atoms with Gasteiger partial charge in [0.1, 0.15) is 5.60 Å². The van der Waals surface area contributed by atoms with Gasteiger partial charge in [-0.15, -0.1) is 0 Å². The lowest BCUT2D eigenvalue weighted by Crippen LogP contribution is -2.36. The number of carbonyl (C=O) groups is 2. The molecule has 1 heterocycles. The summed E-state index contributed by atoms with van der Waals surface area (Å²) < 4.78 is 18.0. The second-order valence-corrected chi connectivity index (χ2v) is 5.40. The molecule has 0 saturated heterocycles. The first kappa shape index (κ1) is 16.8. The second kappa shape index (κ2) is 6.97. The van der Waals surface area contributed by atoms with Gasteiger partial charge in [-0.1, -0.05) is 6.08 Å². The smallest absolute Gasteiger partial charge is 0.417 e. The van der Waals surface area contributed by atoms with Gasteiger partial charge < -0.3 is 4.74 Å². The van der Waals surface area contributed by atoms with Gasteiger partial charge in [-0.25, -0.2) is 14.7 Å². The Labute approximate surface area is 123 Å². The molecule has 1 rings (SSSR count). The number of amides is 2. The van der Waals surface area contributed by atoms with Crippen LogP contribution in [0.4, 0.5) is 9.18 Å². The highest BCUT2D eigenvalue weighted by Gasteiger charge is 2.22. The van der Waals surface area contributed by atoms with Gasteiger partial charge in [-0.05, 0) is 51.0 Å². The van der Waals surface area contributed by atoms with Crippen LogP contribution in [-0.2, 0) is 9.53 Å². The van der Waals surface area contributed by atoms with E-state index in [2.05, 4.69) is 4.98 Å². The van der Waals surface area contributed by atoms with Crippen LogP contribution in [0.2, 0.25) is 0 Å². The molecular weight excluding hydrogens is 275 g/mol. The minimum absolute atomic E-state index is 0.0300. The zero-order chi connectivity index (χ0) is 16.0. The molecule has 21 heavy (non-hydrogen) atoms. The predicted molar refractivity (Wildman–Crippen MR) is 76.9 cm³/mol. The molecular formula is C15H19FN2O3. The molecule has 0 aromatic carbocycles. The summed E-state index contributed by atoms with van der Waals surface area (Å²) >= 11 is 0. The van der Waals surface area contributed by atoms with E-state index in [-0.39, 0.29) is 6.54 Å². The van der Waals surface area contributed by atoms with Gasteiger partial charge in [-0.2, -0.15) is 4.39 Å². The van der Waals surface area contributed by atoms with Crippen LogP contribution in [0.25, 0.3) is 5.57 Å². The van der Waals surface area contributed by atoms with Crippen LogP contribution in [0.15, 0.2) is 24.4 Å². The maximum absolute atomic E-state index is 12.8. The van der Waals surface area contributed by atoms with Gasteiger partial charge in [0.2, 0.25) is 12.4 Å². The molecule has 114 valence electrons. The molecule has 0 spiro atoms. The van der Waals surface area contributed by atoms with Crippen LogP contribution >= 0.6 is 0 Å². The van der Waals surface area contributed by atoms with Crippen molar-refractivity contribution >= 4 is 18.1 Å². The highest BCUT2D eigenvalue weighted by atomic mass is 19.1. The van der Waals surface area contributed by atoms with E-state index in [0.29, 0.717) is 17.5 Å². The molecule has 1 aromatic heterocycles. The third-order valence-corrected chi connectivity index (χ3v) is 2.54. The van der Waals surface area contributed by atoms with Gasteiger partial charge in [-0.3, -0.25) is 4.79 Å². The van der Waals surface area contributed by atoms with Crippen LogP contribution in [0.3, 0.4) is 0 Å². The third-order valence-electron chi connectivity index (χ3n) is 2.54. The molecule has 0 unspecified atom stereocenters. The van der Waals surface area contributed by atoms with Crippen LogP contribution in [0, 0.1) is 5.95 Å². The molecule has 0 radical (unpaired) electrons. The molecule has 0 bridgehead atoms. The van der Waals surface area contributed by atoms with Crippen molar-refractivity contribution in [1.82, 2.24) is 9.88 Å². The van der Waals surface area contributed by atoms with Crippen LogP contribution in [0.1, 0.15) is 33.3 Å². The SMILES string of the molecule is C/C=C(\CN(C=O)C(=O)OC(C)(C)C)c1ccc(F)nc1. The van der Waals surface area contributed by atoms with Gasteiger partial charge in [0.05, 0.1) is 6.54 Å². The summed E-state index contributed by atoms with van der Waals surface area (Å²) in [6, 6.07) is 2.76. The summed E-state index contributed by atoms with van der Waals surface area (Å²) in [7, 11) is 0. The average Bonchev–Trinajstić information content (AvgIpc) is 2.39. The number of aromatic nitrogens is 1. The summed E-state index contributed by atoms with van der Waals surface area (Å²) in [4.78, 5) is 27.5. The maximum atomic E-state index is 12.8. The standard InChI is InChI=1S/C15H19FN2O3/c1-5-11(12-6-7-13(16)17-8-12)9-18(10-19)14(20)21-15(2,3)4/h5-8,10H,9H2,1-4H3/b11-5+. The monoisotopic (exact) mass is 294 g/mol. The van der Waals surface area contributed by atoms with Crippen molar-refractivity contribution in [2.45, 2.75) is 33.3 Å². The zero-order valence-electron chi connectivity index (χ0n) is 12.6. The highest BCUT2D eigenvalue weighted by Crippen LogP contribution is 2.16. The Bertz CT molecular complexity index is 533. The summed E-state index contributed by atoms with van der Waals surface area (Å²) in [5.41, 5.74) is 0.612. The van der Waals surface area contributed by atoms with E-state index in [9.17, 15) is 14.0 Å². The lowest BCUT2D eigenvalue weighted by Gasteiger charge is -2.24. The fourth-order valence-electron chi connectivity index (χ4n) is 1.56. The molecule has 0 N–H and O–H groups in total. The maximum Gasteiger partial charge on any atom is 0.417 e. The molecule has 6 heteroatoms. The quantitative estimate of drug-likeness (QED) is 0.632. The number of hydrogen-bond donors (Lipinski definition) is 0. The number of carbonyl (C=O) groups excluding carboxylic acids is 2. The van der Waals surface area contributed by atoms with Crippen molar-refractivity contribution in [3.63, 3.8) is 0 Å². The summed E-state index contributed by atoms with van der Waals surface area (Å²) in [6.45, 7) is 6.94. The topological polar surface area (TPSA) is 59.5 Å². The van der Waals surface area contributed by atoms with Crippen molar-refractivity contribution < 1.29 is 18.7 Å². The average molecular weight is 294 g/mol. The van der Waals surface area contributed by atoms with E-state index < -0.39 is 17.6 Å². The van der Waals surface area contributed by atoms with Crippen molar-refractivity contribution in [1.29, 1.82) is 0 Å². The van der Waals surface area contributed by atoms with Crippen molar-refractivity contribution in [2.24, 2.45) is 0 Å². The number of halogens is 1. The van der Waals surface area contributed by atoms with Crippen LogP contribution < -0.4 is 0 Å². The van der Waals surface area contributed by atoms with Crippen molar-refractivity contribution in [3.05, 3.63) is 35.9 Å². The Hall–Kier alpha value is -2.24. The van der Waals surface area contributed by atoms with Gasteiger partial charge in [0.25, 0.3) is 0 Å². The Morgan fingerprint density at radius 1 is 1.43 bits per heavy atom. The molecule has 0 atom stereocenters. The number of allylic oxidation sites excluding steroid dienone is 1. The van der Waals surface area contributed by atoms with E-state index in [4.69, 9.17) is 4.74 Å². The van der Waals surface area contributed by atoms with E-state index in [0.717, 1.165) is 4.90 Å². The van der Waals surface area contributed by atoms with Gasteiger partial charge in [0, 0.05) is 6.20 Å². The first-order chi connectivity index (χ1) is 9.76. The summed E-state index contributed by atoms with van der Waals surface area (Å²) in [5, 5.41) is 0. The molecule has 0 aliphatic heterocycles. The Morgan fingerprint density at radius 3 is 2.52 bits per heavy atom. The Morgan fingerprint density at radius 2 is 2.10 bits per heavy atom. The van der Waals surface area contributed by atoms with E-state index in [1.807, 2.05) is 0 Å². The molecule has 5 nitrogen and oxygen atoms in total. The minimum Gasteiger partial charge on any atom is -0.443 e. The lowest BCUT2D eigenvalue weighted by atomic mass is 10.1. The first-order valence-corrected chi connectivity index (χ1v) is 6.49. The lowest BCUT2D eigenvalue weighted by molar-refractivity contribution is -0.117. The molecule has 0 fully saturated rings. The van der Waals surface area contributed by atoms with Crippen LogP contribution in [0.5, 0.6) is 0 Å². The summed E-state index contributed by atoms with van der Waals surface area (Å²) in [6.07, 6.45) is 2.76. The van der Waals surface area contributed by atoms with Crippen LogP contribution in [-0.4, -0.2) is 34.5 Å². The molecule has 0 aliphatic carbocycles. The second-order valence-electron chi connectivity index (χ2n) is 5.40. The molecule has 0 saturated carbocycles. The third kappa shape index (κ3) is 5.33. The molecule has 2 amide bonds. The highest BCUT2D eigenvalue weighted by molar-refractivity contribution is 5.83. The fraction of sp³-hybridized carbons (Fsp3) is 0.400. The number of hydrogen-bond acceptors (Lipinski definition) is 4. The van der Waals surface area contributed by atoms with E-state index >= 15 is 0 Å². The predicted octanol–water partition coefficient (Wildman–Crippen LogP) is 3.02. The number of rotatable bonds is 4. The fourth-order valence-corrected chi connectivity index (χ4v) is 1.56. The largest absolute Gasteiger partial charge is 0.443 e. The van der Waals surface area contributed by atoms with Gasteiger partial charge >= 0.3 is 6.09 Å². The number of imide groups is 1. The van der Waals surface area contributed by atoms with Crippen molar-refractivity contribution in [3.8, 4) is 0 Å². The molecule has 0 aliphatic rings.